The normalized spacial score (nSPS) is 11.1. The number of amides is 1. The van der Waals surface area contributed by atoms with Crippen LogP contribution in [0.5, 0.6) is 5.75 Å². The standard InChI is InChI=1S/C22H19N5O2S/c1-29-18-11-12-19-20(13-18)25-22(24-19)30-14-21(28)23-15-7-9-17(10-8-15)27-26-16-5-3-2-4-6-16/h2-13H,14H2,1H3,(H,23,28)(H,24,25). The van der Waals surface area contributed by atoms with Crippen molar-refractivity contribution in [3.63, 3.8) is 0 Å². The van der Waals surface area contributed by atoms with Crippen molar-refractivity contribution in [1.82, 2.24) is 9.97 Å². The van der Waals surface area contributed by atoms with Gasteiger partial charge in [0, 0.05) is 11.8 Å². The fraction of sp³-hybridized carbons (Fsp3) is 0.0909. The van der Waals surface area contributed by atoms with E-state index in [-0.39, 0.29) is 11.7 Å². The molecule has 0 saturated carbocycles. The Hall–Kier alpha value is -3.65. The Morgan fingerprint density at radius 2 is 1.77 bits per heavy atom. The summed E-state index contributed by atoms with van der Waals surface area (Å²) in [6.45, 7) is 0. The molecule has 0 aliphatic heterocycles. The van der Waals surface area contributed by atoms with Crippen LogP contribution in [0.3, 0.4) is 0 Å². The number of anilines is 1. The molecule has 2 N–H and O–H groups in total. The fourth-order valence-electron chi connectivity index (χ4n) is 2.71. The summed E-state index contributed by atoms with van der Waals surface area (Å²) in [6, 6.07) is 22.3. The number of fused-ring (bicyclic) bond motifs is 1. The molecule has 30 heavy (non-hydrogen) atoms. The Bertz CT molecular complexity index is 1170. The molecule has 1 aromatic heterocycles. The maximum Gasteiger partial charge on any atom is 0.234 e. The van der Waals surface area contributed by atoms with Crippen molar-refractivity contribution in [3.05, 3.63) is 72.8 Å². The van der Waals surface area contributed by atoms with E-state index < -0.39 is 0 Å². The van der Waals surface area contributed by atoms with Gasteiger partial charge < -0.3 is 15.0 Å². The first-order valence-electron chi connectivity index (χ1n) is 9.23. The van der Waals surface area contributed by atoms with Crippen molar-refractivity contribution in [2.75, 3.05) is 18.2 Å². The van der Waals surface area contributed by atoms with Crippen molar-refractivity contribution >= 4 is 45.8 Å². The predicted molar refractivity (Wildman–Crippen MR) is 119 cm³/mol. The van der Waals surface area contributed by atoms with E-state index in [0.717, 1.165) is 22.5 Å². The molecule has 0 saturated heterocycles. The number of benzene rings is 3. The number of nitrogens with one attached hydrogen (secondary N) is 2. The lowest BCUT2D eigenvalue weighted by Crippen LogP contribution is -2.13. The average molecular weight is 417 g/mol. The number of aromatic nitrogens is 2. The summed E-state index contributed by atoms with van der Waals surface area (Å²) >= 11 is 1.34. The third-order valence-corrected chi connectivity index (χ3v) is 5.07. The van der Waals surface area contributed by atoms with Crippen LogP contribution < -0.4 is 10.1 Å². The van der Waals surface area contributed by atoms with E-state index in [0.29, 0.717) is 16.5 Å². The molecule has 150 valence electrons. The van der Waals surface area contributed by atoms with E-state index in [1.807, 2.05) is 60.7 Å². The highest BCUT2D eigenvalue weighted by Crippen LogP contribution is 2.24. The molecular formula is C22H19N5O2S. The van der Waals surface area contributed by atoms with E-state index in [4.69, 9.17) is 4.74 Å². The molecule has 8 heteroatoms. The summed E-state index contributed by atoms with van der Waals surface area (Å²) in [5.74, 6) is 0.885. The molecule has 0 radical (unpaired) electrons. The molecule has 7 nitrogen and oxygen atoms in total. The number of thioether (sulfide) groups is 1. The van der Waals surface area contributed by atoms with Gasteiger partial charge in [-0.2, -0.15) is 10.2 Å². The zero-order valence-corrected chi connectivity index (χ0v) is 17.0. The van der Waals surface area contributed by atoms with Crippen LogP contribution in [0.1, 0.15) is 0 Å². The number of hydrogen-bond acceptors (Lipinski definition) is 6. The number of rotatable bonds is 7. The Balaban J connectivity index is 1.31. The van der Waals surface area contributed by atoms with Crippen LogP contribution in [0, 0.1) is 0 Å². The van der Waals surface area contributed by atoms with E-state index in [9.17, 15) is 4.79 Å². The van der Waals surface area contributed by atoms with Crippen molar-refractivity contribution in [3.8, 4) is 5.75 Å². The summed E-state index contributed by atoms with van der Waals surface area (Å²) in [5, 5.41) is 11.9. The monoisotopic (exact) mass is 417 g/mol. The lowest BCUT2D eigenvalue weighted by molar-refractivity contribution is -0.113. The second kappa shape index (κ2) is 9.23. The van der Waals surface area contributed by atoms with Crippen molar-refractivity contribution < 1.29 is 9.53 Å². The minimum atomic E-state index is -0.114. The molecule has 1 heterocycles. The Morgan fingerprint density at radius 1 is 1.03 bits per heavy atom. The molecule has 4 aromatic rings. The molecule has 0 aliphatic carbocycles. The first-order valence-corrected chi connectivity index (χ1v) is 10.2. The maximum absolute atomic E-state index is 12.3. The number of azo groups is 1. The molecule has 4 rings (SSSR count). The fourth-order valence-corrected chi connectivity index (χ4v) is 3.40. The topological polar surface area (TPSA) is 91.7 Å². The van der Waals surface area contributed by atoms with Gasteiger partial charge in [0.05, 0.1) is 35.3 Å². The van der Waals surface area contributed by atoms with Gasteiger partial charge in [-0.05, 0) is 48.5 Å². The van der Waals surface area contributed by atoms with Gasteiger partial charge in [0.15, 0.2) is 5.16 Å². The van der Waals surface area contributed by atoms with Crippen LogP contribution in [-0.2, 0) is 4.79 Å². The van der Waals surface area contributed by atoms with Gasteiger partial charge in [-0.3, -0.25) is 4.79 Å². The van der Waals surface area contributed by atoms with Crippen LogP contribution in [-0.4, -0.2) is 28.7 Å². The van der Waals surface area contributed by atoms with Gasteiger partial charge >= 0.3 is 0 Å². The number of carbonyl (C=O) groups is 1. The predicted octanol–water partition coefficient (Wildman–Crippen LogP) is 5.72. The highest BCUT2D eigenvalue weighted by Gasteiger charge is 2.08. The van der Waals surface area contributed by atoms with Crippen LogP contribution in [0.2, 0.25) is 0 Å². The number of methoxy groups -OCH3 is 1. The third kappa shape index (κ3) is 5.03. The summed E-state index contributed by atoms with van der Waals surface area (Å²) in [6.07, 6.45) is 0. The van der Waals surface area contributed by atoms with E-state index >= 15 is 0 Å². The van der Waals surface area contributed by atoms with Gasteiger partial charge in [0.25, 0.3) is 0 Å². The van der Waals surface area contributed by atoms with Gasteiger partial charge in [0.1, 0.15) is 5.75 Å². The van der Waals surface area contributed by atoms with Gasteiger partial charge in [-0.25, -0.2) is 4.98 Å². The lowest BCUT2D eigenvalue weighted by Gasteiger charge is -2.04. The highest BCUT2D eigenvalue weighted by atomic mass is 32.2. The average Bonchev–Trinajstić information content (AvgIpc) is 3.20. The van der Waals surface area contributed by atoms with Crippen molar-refractivity contribution in [1.29, 1.82) is 0 Å². The lowest BCUT2D eigenvalue weighted by atomic mass is 10.3. The van der Waals surface area contributed by atoms with Crippen LogP contribution >= 0.6 is 11.8 Å². The number of carbonyl (C=O) groups excluding carboxylic acids is 1. The number of aromatic amines is 1. The number of nitrogens with zero attached hydrogens (tertiary/aromatic N) is 3. The molecule has 0 fully saturated rings. The second-order valence-electron chi connectivity index (χ2n) is 6.34. The second-order valence-corrected chi connectivity index (χ2v) is 7.31. The molecular weight excluding hydrogens is 398 g/mol. The van der Waals surface area contributed by atoms with E-state index in [1.54, 1.807) is 19.2 Å². The smallest absolute Gasteiger partial charge is 0.234 e. The number of ether oxygens (including phenoxy) is 1. The maximum atomic E-state index is 12.3. The van der Waals surface area contributed by atoms with Gasteiger partial charge in [-0.15, -0.1) is 0 Å². The van der Waals surface area contributed by atoms with E-state index in [2.05, 4.69) is 25.5 Å². The van der Waals surface area contributed by atoms with E-state index in [1.165, 1.54) is 11.8 Å². The zero-order valence-electron chi connectivity index (χ0n) is 16.2. The molecule has 0 bridgehead atoms. The van der Waals surface area contributed by atoms with Crippen LogP contribution in [0.4, 0.5) is 17.1 Å². The summed E-state index contributed by atoms with van der Waals surface area (Å²) in [5.41, 5.74) is 3.91. The largest absolute Gasteiger partial charge is 0.497 e. The Kier molecular flexibility index (Phi) is 6.05. The molecule has 0 unspecified atom stereocenters. The number of hydrogen-bond donors (Lipinski definition) is 2. The number of H-pyrrole nitrogens is 1. The minimum Gasteiger partial charge on any atom is -0.497 e. The summed E-state index contributed by atoms with van der Waals surface area (Å²) in [4.78, 5) is 19.9. The Morgan fingerprint density at radius 3 is 2.50 bits per heavy atom. The van der Waals surface area contributed by atoms with Crippen LogP contribution in [0.15, 0.2) is 88.2 Å². The van der Waals surface area contributed by atoms with Crippen molar-refractivity contribution in [2.24, 2.45) is 10.2 Å². The molecule has 3 aromatic carbocycles. The summed E-state index contributed by atoms with van der Waals surface area (Å²) in [7, 11) is 1.62. The molecule has 0 atom stereocenters. The molecule has 1 amide bonds. The minimum absolute atomic E-state index is 0.114. The first-order chi connectivity index (χ1) is 14.7. The van der Waals surface area contributed by atoms with Crippen molar-refractivity contribution in [2.45, 2.75) is 5.16 Å². The van der Waals surface area contributed by atoms with Gasteiger partial charge in [0.2, 0.25) is 5.91 Å². The number of imidazole rings is 1. The quantitative estimate of drug-likeness (QED) is 0.297. The molecule has 0 spiro atoms. The van der Waals surface area contributed by atoms with Gasteiger partial charge in [-0.1, -0.05) is 30.0 Å². The molecule has 0 aliphatic rings. The SMILES string of the molecule is COc1ccc2nc(SCC(=O)Nc3ccc(N=Nc4ccccc4)cc3)[nH]c2c1. The van der Waals surface area contributed by atoms with Crippen LogP contribution in [0.25, 0.3) is 11.0 Å². The zero-order chi connectivity index (χ0) is 20.8. The Labute approximate surface area is 177 Å². The third-order valence-electron chi connectivity index (χ3n) is 4.20. The summed E-state index contributed by atoms with van der Waals surface area (Å²) < 4.78 is 5.21. The first kappa shape index (κ1) is 19.7. The highest BCUT2D eigenvalue weighted by molar-refractivity contribution is 7.99.